The number of hydrogen-bond acceptors (Lipinski definition) is 6. The SMILES string of the molecule is O=C1NC(=O)C(N2Cc3nccnc3C2=O)C(=O)N1. The monoisotopic (exact) mass is 261 g/mol. The van der Waals surface area contributed by atoms with Crippen LogP contribution in [0.2, 0.25) is 0 Å². The van der Waals surface area contributed by atoms with Gasteiger partial charge in [-0.15, -0.1) is 0 Å². The van der Waals surface area contributed by atoms with E-state index in [1.165, 1.54) is 12.4 Å². The Labute approximate surface area is 106 Å². The van der Waals surface area contributed by atoms with Crippen LogP contribution >= 0.6 is 0 Å². The molecule has 0 radical (unpaired) electrons. The molecule has 0 atom stereocenters. The first-order valence-corrected chi connectivity index (χ1v) is 5.34. The molecule has 0 spiro atoms. The molecule has 0 bridgehead atoms. The molecule has 2 N–H and O–H groups in total. The molecule has 0 aromatic carbocycles. The third kappa shape index (κ3) is 1.63. The quantitative estimate of drug-likeness (QED) is 0.573. The molecule has 3 heterocycles. The number of nitrogens with zero attached hydrogens (tertiary/aromatic N) is 3. The Bertz CT molecular complexity index is 608. The molecule has 5 amide bonds. The number of urea groups is 1. The number of fused-ring (bicyclic) bond motifs is 1. The summed E-state index contributed by atoms with van der Waals surface area (Å²) < 4.78 is 0. The molecule has 0 saturated carbocycles. The van der Waals surface area contributed by atoms with E-state index < -0.39 is 29.8 Å². The van der Waals surface area contributed by atoms with E-state index in [9.17, 15) is 19.2 Å². The Morgan fingerprint density at radius 3 is 2.32 bits per heavy atom. The van der Waals surface area contributed by atoms with Crippen molar-refractivity contribution in [2.24, 2.45) is 0 Å². The van der Waals surface area contributed by atoms with Gasteiger partial charge in [0.1, 0.15) is 0 Å². The minimum absolute atomic E-state index is 0.00169. The molecule has 96 valence electrons. The van der Waals surface area contributed by atoms with E-state index in [1.807, 2.05) is 10.6 Å². The number of aromatic nitrogens is 2. The summed E-state index contributed by atoms with van der Waals surface area (Å²) in [6, 6.07) is -2.28. The number of carbonyl (C=O) groups is 4. The third-order valence-corrected chi connectivity index (χ3v) is 2.84. The molecule has 9 heteroatoms. The normalized spacial score (nSPS) is 19.3. The second kappa shape index (κ2) is 3.83. The van der Waals surface area contributed by atoms with Gasteiger partial charge in [-0.2, -0.15) is 0 Å². The van der Waals surface area contributed by atoms with E-state index in [2.05, 4.69) is 9.97 Å². The molecule has 1 aromatic heterocycles. The number of imide groups is 2. The van der Waals surface area contributed by atoms with E-state index in [-0.39, 0.29) is 12.2 Å². The first-order chi connectivity index (χ1) is 9.08. The molecule has 0 aliphatic carbocycles. The van der Waals surface area contributed by atoms with Gasteiger partial charge in [0.25, 0.3) is 17.7 Å². The minimum atomic E-state index is -1.39. The van der Waals surface area contributed by atoms with Gasteiger partial charge in [-0.3, -0.25) is 30.0 Å². The van der Waals surface area contributed by atoms with Crippen LogP contribution in [-0.2, 0) is 16.1 Å². The van der Waals surface area contributed by atoms with E-state index >= 15 is 0 Å². The molecule has 3 rings (SSSR count). The van der Waals surface area contributed by atoms with Crippen LogP contribution in [0.3, 0.4) is 0 Å². The van der Waals surface area contributed by atoms with Gasteiger partial charge in [0.2, 0.25) is 0 Å². The summed E-state index contributed by atoms with van der Waals surface area (Å²) in [5, 5.41) is 3.88. The van der Waals surface area contributed by atoms with Gasteiger partial charge < -0.3 is 4.90 Å². The molecule has 2 aliphatic rings. The van der Waals surface area contributed by atoms with Crippen LogP contribution in [0.1, 0.15) is 16.2 Å². The molecule has 1 saturated heterocycles. The van der Waals surface area contributed by atoms with Crippen LogP contribution in [0, 0.1) is 0 Å². The minimum Gasteiger partial charge on any atom is -0.311 e. The first kappa shape index (κ1) is 11.3. The summed E-state index contributed by atoms with van der Waals surface area (Å²) in [6.07, 6.45) is 2.77. The predicted molar refractivity (Wildman–Crippen MR) is 57.4 cm³/mol. The topological polar surface area (TPSA) is 121 Å². The smallest absolute Gasteiger partial charge is 0.311 e. The fraction of sp³-hybridized carbons (Fsp3) is 0.200. The van der Waals surface area contributed by atoms with Crippen molar-refractivity contribution in [3.63, 3.8) is 0 Å². The highest BCUT2D eigenvalue weighted by Gasteiger charge is 2.45. The zero-order valence-corrected chi connectivity index (χ0v) is 9.41. The second-order valence-corrected chi connectivity index (χ2v) is 3.99. The lowest BCUT2D eigenvalue weighted by atomic mass is 10.2. The van der Waals surface area contributed by atoms with Crippen molar-refractivity contribution in [3.8, 4) is 0 Å². The van der Waals surface area contributed by atoms with Crippen molar-refractivity contribution in [1.29, 1.82) is 0 Å². The maximum Gasteiger partial charge on any atom is 0.328 e. The summed E-state index contributed by atoms with van der Waals surface area (Å²) >= 11 is 0. The lowest BCUT2D eigenvalue weighted by molar-refractivity contribution is -0.136. The lowest BCUT2D eigenvalue weighted by Crippen LogP contribution is -2.64. The van der Waals surface area contributed by atoms with E-state index in [4.69, 9.17) is 0 Å². The zero-order chi connectivity index (χ0) is 13.6. The van der Waals surface area contributed by atoms with Crippen LogP contribution in [-0.4, -0.2) is 44.7 Å². The van der Waals surface area contributed by atoms with Crippen LogP contribution in [0.25, 0.3) is 0 Å². The maximum absolute atomic E-state index is 12.0. The van der Waals surface area contributed by atoms with Gasteiger partial charge in [0.05, 0.1) is 12.2 Å². The van der Waals surface area contributed by atoms with Gasteiger partial charge >= 0.3 is 6.03 Å². The summed E-state index contributed by atoms with van der Waals surface area (Å²) in [4.78, 5) is 55.2. The van der Waals surface area contributed by atoms with Crippen LogP contribution in [0.15, 0.2) is 12.4 Å². The van der Waals surface area contributed by atoms with Crippen LogP contribution < -0.4 is 10.6 Å². The van der Waals surface area contributed by atoms with Crippen molar-refractivity contribution in [2.45, 2.75) is 12.6 Å². The molecule has 0 unspecified atom stereocenters. The lowest BCUT2D eigenvalue weighted by Gasteiger charge is -2.27. The van der Waals surface area contributed by atoms with Crippen molar-refractivity contribution >= 4 is 23.8 Å². The van der Waals surface area contributed by atoms with Crippen molar-refractivity contribution in [1.82, 2.24) is 25.5 Å². The Morgan fingerprint density at radius 2 is 1.68 bits per heavy atom. The molecular formula is C10H7N5O4. The highest BCUT2D eigenvalue weighted by molar-refractivity contribution is 6.20. The molecule has 1 aromatic rings. The number of hydrogen-bond donors (Lipinski definition) is 2. The predicted octanol–water partition coefficient (Wildman–Crippen LogP) is -1.83. The average Bonchev–Trinajstić information content (AvgIpc) is 2.66. The highest BCUT2D eigenvalue weighted by Crippen LogP contribution is 2.21. The van der Waals surface area contributed by atoms with Gasteiger partial charge in [-0.05, 0) is 0 Å². The average molecular weight is 261 g/mol. The number of barbiturate groups is 1. The molecule has 1 fully saturated rings. The zero-order valence-electron chi connectivity index (χ0n) is 9.41. The summed E-state index contributed by atoms with van der Waals surface area (Å²) in [5.74, 6) is -2.24. The molecule has 9 nitrogen and oxygen atoms in total. The first-order valence-electron chi connectivity index (χ1n) is 5.34. The third-order valence-electron chi connectivity index (χ3n) is 2.84. The van der Waals surface area contributed by atoms with Crippen LogP contribution in [0.5, 0.6) is 0 Å². The van der Waals surface area contributed by atoms with Crippen molar-refractivity contribution < 1.29 is 19.2 Å². The van der Waals surface area contributed by atoms with Gasteiger partial charge in [0, 0.05) is 12.4 Å². The Balaban J connectivity index is 1.93. The van der Waals surface area contributed by atoms with E-state index in [1.54, 1.807) is 0 Å². The molecular weight excluding hydrogens is 254 g/mol. The van der Waals surface area contributed by atoms with E-state index in [0.29, 0.717) is 5.69 Å². The maximum atomic E-state index is 12.0. The number of carbonyl (C=O) groups excluding carboxylic acids is 4. The number of amides is 5. The summed E-state index contributed by atoms with van der Waals surface area (Å²) in [5.41, 5.74) is 0.505. The summed E-state index contributed by atoms with van der Waals surface area (Å²) in [6.45, 7) is 0.00169. The standard InChI is InChI=1S/C10H7N5O4/c16-7-6(8(17)14-10(19)13-7)15-3-4-5(9(15)18)12-2-1-11-4/h1-2,6H,3H2,(H2,13,14,16,17,19). The Kier molecular flexibility index (Phi) is 2.27. The number of nitrogens with one attached hydrogen (secondary N) is 2. The van der Waals surface area contributed by atoms with Crippen LogP contribution in [0.4, 0.5) is 4.79 Å². The van der Waals surface area contributed by atoms with E-state index in [0.717, 1.165) is 4.90 Å². The van der Waals surface area contributed by atoms with Crippen molar-refractivity contribution in [3.05, 3.63) is 23.8 Å². The van der Waals surface area contributed by atoms with Gasteiger partial charge in [-0.25, -0.2) is 9.78 Å². The fourth-order valence-corrected chi connectivity index (χ4v) is 2.03. The second-order valence-electron chi connectivity index (χ2n) is 3.99. The fourth-order valence-electron chi connectivity index (χ4n) is 2.03. The molecule has 2 aliphatic heterocycles. The van der Waals surface area contributed by atoms with Crippen molar-refractivity contribution in [2.75, 3.05) is 0 Å². The van der Waals surface area contributed by atoms with Gasteiger partial charge in [-0.1, -0.05) is 0 Å². The highest BCUT2D eigenvalue weighted by atomic mass is 16.2. The Hall–Kier alpha value is -2.84. The Morgan fingerprint density at radius 1 is 1.05 bits per heavy atom. The summed E-state index contributed by atoms with van der Waals surface area (Å²) in [7, 11) is 0. The molecule has 19 heavy (non-hydrogen) atoms. The van der Waals surface area contributed by atoms with Gasteiger partial charge in [0.15, 0.2) is 11.7 Å². The number of rotatable bonds is 1. The largest absolute Gasteiger partial charge is 0.328 e.